The molecule has 4 heteroatoms. The zero-order valence-electron chi connectivity index (χ0n) is 8.32. The van der Waals surface area contributed by atoms with Crippen LogP contribution in [0.25, 0.3) is 0 Å². The van der Waals surface area contributed by atoms with Gasteiger partial charge >= 0.3 is 5.97 Å². The van der Waals surface area contributed by atoms with E-state index < -0.39 is 0 Å². The van der Waals surface area contributed by atoms with Crippen molar-refractivity contribution >= 4 is 5.97 Å². The molecule has 1 aromatic rings. The van der Waals surface area contributed by atoms with Crippen LogP contribution in [0.3, 0.4) is 0 Å². The summed E-state index contributed by atoms with van der Waals surface area (Å²) in [6.07, 6.45) is 2.37. The number of methoxy groups -OCH3 is 1. The zero-order chi connectivity index (χ0) is 10.4. The summed E-state index contributed by atoms with van der Waals surface area (Å²) < 4.78 is 9.80. The van der Waals surface area contributed by atoms with Crippen LogP contribution >= 0.6 is 0 Å². The minimum atomic E-state index is -0.389. The fourth-order valence-corrected chi connectivity index (χ4v) is 0.911. The second kappa shape index (κ2) is 5.21. The van der Waals surface area contributed by atoms with Crippen molar-refractivity contribution in [2.75, 3.05) is 13.7 Å². The Morgan fingerprint density at radius 3 is 2.79 bits per heavy atom. The van der Waals surface area contributed by atoms with E-state index in [2.05, 4.69) is 9.72 Å². The van der Waals surface area contributed by atoms with E-state index in [0.717, 1.165) is 6.42 Å². The molecule has 0 saturated carbocycles. The van der Waals surface area contributed by atoms with Crippen LogP contribution in [-0.2, 0) is 4.74 Å². The molecule has 0 aliphatic heterocycles. The molecule has 0 aliphatic rings. The average Bonchev–Trinajstić information content (AvgIpc) is 2.26. The van der Waals surface area contributed by atoms with Crippen LogP contribution in [0.4, 0.5) is 0 Å². The summed E-state index contributed by atoms with van der Waals surface area (Å²) in [6, 6.07) is 3.28. The Balaban J connectivity index is 2.63. The van der Waals surface area contributed by atoms with E-state index in [0.29, 0.717) is 18.1 Å². The second-order valence-electron chi connectivity index (χ2n) is 2.73. The molecule has 0 aliphatic carbocycles. The van der Waals surface area contributed by atoms with Gasteiger partial charge in [0.1, 0.15) is 0 Å². The predicted octanol–water partition coefficient (Wildman–Crippen LogP) is 1.66. The molecule has 0 spiro atoms. The molecule has 0 aromatic carbocycles. The SMILES string of the molecule is CCCOc1ccc(C(=O)OC)cn1. The Labute approximate surface area is 82.9 Å². The second-order valence-corrected chi connectivity index (χ2v) is 2.73. The summed E-state index contributed by atoms with van der Waals surface area (Å²) in [7, 11) is 1.34. The van der Waals surface area contributed by atoms with Crippen molar-refractivity contribution in [3.63, 3.8) is 0 Å². The van der Waals surface area contributed by atoms with Gasteiger partial charge in [0.2, 0.25) is 5.88 Å². The number of hydrogen-bond donors (Lipinski definition) is 0. The number of carbonyl (C=O) groups excluding carboxylic acids is 1. The Bertz CT molecular complexity index is 295. The van der Waals surface area contributed by atoms with Crippen LogP contribution in [0.2, 0.25) is 0 Å². The first kappa shape index (κ1) is 10.5. The van der Waals surface area contributed by atoms with Crippen LogP contribution in [0, 0.1) is 0 Å². The molecule has 0 N–H and O–H groups in total. The number of ether oxygens (including phenoxy) is 2. The number of nitrogens with zero attached hydrogens (tertiary/aromatic N) is 1. The maximum Gasteiger partial charge on any atom is 0.339 e. The molecule has 1 aromatic heterocycles. The van der Waals surface area contributed by atoms with Gasteiger partial charge in [-0.25, -0.2) is 9.78 Å². The monoisotopic (exact) mass is 195 g/mol. The molecule has 0 bridgehead atoms. The molecule has 0 saturated heterocycles. The maximum atomic E-state index is 11.0. The average molecular weight is 195 g/mol. The highest BCUT2D eigenvalue weighted by Gasteiger charge is 2.05. The highest BCUT2D eigenvalue weighted by Crippen LogP contribution is 2.08. The van der Waals surface area contributed by atoms with Gasteiger partial charge in [0, 0.05) is 12.3 Å². The predicted molar refractivity (Wildman–Crippen MR) is 51.4 cm³/mol. The molecule has 0 fully saturated rings. The summed E-state index contributed by atoms with van der Waals surface area (Å²) in [5.74, 6) is 0.138. The lowest BCUT2D eigenvalue weighted by Gasteiger charge is -2.03. The first-order valence-corrected chi connectivity index (χ1v) is 4.45. The van der Waals surface area contributed by atoms with E-state index in [-0.39, 0.29) is 5.97 Å². The first-order chi connectivity index (χ1) is 6.77. The maximum absolute atomic E-state index is 11.0. The van der Waals surface area contributed by atoms with E-state index in [9.17, 15) is 4.79 Å². The van der Waals surface area contributed by atoms with Gasteiger partial charge in [0.25, 0.3) is 0 Å². The van der Waals surface area contributed by atoms with E-state index in [4.69, 9.17) is 4.74 Å². The lowest BCUT2D eigenvalue weighted by molar-refractivity contribution is 0.0600. The quantitative estimate of drug-likeness (QED) is 0.685. The van der Waals surface area contributed by atoms with Crippen LogP contribution in [0.5, 0.6) is 5.88 Å². The number of rotatable bonds is 4. The van der Waals surface area contributed by atoms with Crippen molar-refractivity contribution in [1.82, 2.24) is 4.98 Å². The number of esters is 1. The Morgan fingerprint density at radius 2 is 2.29 bits per heavy atom. The highest BCUT2D eigenvalue weighted by molar-refractivity contribution is 5.88. The Kier molecular flexibility index (Phi) is 3.91. The van der Waals surface area contributed by atoms with Gasteiger partial charge in [0.05, 0.1) is 19.3 Å². The van der Waals surface area contributed by atoms with Gasteiger partial charge in [-0.05, 0) is 12.5 Å². The molecule has 1 heterocycles. The smallest absolute Gasteiger partial charge is 0.339 e. The molecule has 0 unspecified atom stereocenters. The molecule has 0 amide bonds. The fraction of sp³-hybridized carbons (Fsp3) is 0.400. The highest BCUT2D eigenvalue weighted by atomic mass is 16.5. The molecule has 0 atom stereocenters. The zero-order valence-corrected chi connectivity index (χ0v) is 8.32. The minimum absolute atomic E-state index is 0.389. The normalized spacial score (nSPS) is 9.57. The third-order valence-electron chi connectivity index (χ3n) is 1.61. The topological polar surface area (TPSA) is 48.4 Å². The molecular formula is C10H13NO3. The van der Waals surface area contributed by atoms with Crippen molar-refractivity contribution in [3.05, 3.63) is 23.9 Å². The van der Waals surface area contributed by atoms with E-state index in [1.807, 2.05) is 6.92 Å². The lowest BCUT2D eigenvalue weighted by Crippen LogP contribution is -2.03. The Hall–Kier alpha value is -1.58. The van der Waals surface area contributed by atoms with Crippen LogP contribution < -0.4 is 4.74 Å². The molecule has 76 valence electrons. The lowest BCUT2D eigenvalue weighted by atomic mass is 10.3. The van der Waals surface area contributed by atoms with Crippen molar-refractivity contribution in [3.8, 4) is 5.88 Å². The van der Waals surface area contributed by atoms with Crippen LogP contribution in [0.1, 0.15) is 23.7 Å². The van der Waals surface area contributed by atoms with Gasteiger partial charge in [-0.2, -0.15) is 0 Å². The Morgan fingerprint density at radius 1 is 1.50 bits per heavy atom. The van der Waals surface area contributed by atoms with Gasteiger partial charge in [-0.15, -0.1) is 0 Å². The fourth-order valence-electron chi connectivity index (χ4n) is 0.911. The van der Waals surface area contributed by atoms with E-state index >= 15 is 0 Å². The van der Waals surface area contributed by atoms with Gasteiger partial charge in [-0.1, -0.05) is 6.92 Å². The summed E-state index contributed by atoms with van der Waals surface area (Å²) >= 11 is 0. The van der Waals surface area contributed by atoms with Crippen LogP contribution in [-0.4, -0.2) is 24.7 Å². The minimum Gasteiger partial charge on any atom is -0.478 e. The molecule has 1 rings (SSSR count). The molecule has 14 heavy (non-hydrogen) atoms. The molecule has 0 radical (unpaired) electrons. The van der Waals surface area contributed by atoms with Gasteiger partial charge in [0.15, 0.2) is 0 Å². The van der Waals surface area contributed by atoms with Crippen molar-refractivity contribution in [2.45, 2.75) is 13.3 Å². The standard InChI is InChI=1S/C10H13NO3/c1-3-6-14-9-5-4-8(7-11-9)10(12)13-2/h4-5,7H,3,6H2,1-2H3. The molecular weight excluding hydrogens is 182 g/mol. The summed E-state index contributed by atoms with van der Waals surface area (Å²) in [6.45, 7) is 2.65. The number of carbonyl (C=O) groups is 1. The number of pyridine rings is 1. The van der Waals surface area contributed by atoms with Crippen LogP contribution in [0.15, 0.2) is 18.3 Å². The number of hydrogen-bond acceptors (Lipinski definition) is 4. The molecule has 4 nitrogen and oxygen atoms in total. The number of aromatic nitrogens is 1. The third kappa shape index (κ3) is 2.73. The summed E-state index contributed by atoms with van der Waals surface area (Å²) in [5.41, 5.74) is 0.427. The summed E-state index contributed by atoms with van der Waals surface area (Å²) in [4.78, 5) is 15.0. The van der Waals surface area contributed by atoms with Crippen molar-refractivity contribution < 1.29 is 14.3 Å². The summed E-state index contributed by atoms with van der Waals surface area (Å²) in [5, 5.41) is 0. The van der Waals surface area contributed by atoms with Crippen molar-refractivity contribution in [2.24, 2.45) is 0 Å². The van der Waals surface area contributed by atoms with Gasteiger partial charge in [-0.3, -0.25) is 0 Å². The largest absolute Gasteiger partial charge is 0.478 e. The van der Waals surface area contributed by atoms with Crippen molar-refractivity contribution in [1.29, 1.82) is 0 Å². The van der Waals surface area contributed by atoms with E-state index in [1.165, 1.54) is 13.3 Å². The van der Waals surface area contributed by atoms with E-state index in [1.54, 1.807) is 12.1 Å². The third-order valence-corrected chi connectivity index (χ3v) is 1.61. The van der Waals surface area contributed by atoms with Gasteiger partial charge < -0.3 is 9.47 Å². The first-order valence-electron chi connectivity index (χ1n) is 4.45.